The second kappa shape index (κ2) is 7.82. The number of phenolic OH excluding ortho intramolecular Hbond substituents is 1. The Morgan fingerprint density at radius 2 is 1.76 bits per heavy atom. The van der Waals surface area contributed by atoms with Crippen molar-refractivity contribution in [2.75, 3.05) is 6.61 Å². The summed E-state index contributed by atoms with van der Waals surface area (Å²) in [5.74, 6) is -0.418. The third-order valence-corrected chi connectivity index (χ3v) is 5.35. The molecule has 0 saturated heterocycles. The summed E-state index contributed by atoms with van der Waals surface area (Å²) in [5.41, 5.74) is 4.23. The van der Waals surface area contributed by atoms with Crippen molar-refractivity contribution in [2.24, 2.45) is 0 Å². The highest BCUT2D eigenvalue weighted by Gasteiger charge is 2.23. The Labute approximate surface area is 177 Å². The van der Waals surface area contributed by atoms with Crippen molar-refractivity contribution < 1.29 is 19.7 Å². The molecule has 29 heavy (non-hydrogen) atoms. The fourth-order valence-corrected chi connectivity index (χ4v) is 4.05. The molecule has 0 radical (unpaired) electrons. The zero-order valence-corrected chi connectivity index (χ0v) is 16.7. The molecule has 4 rings (SSSR count). The molecule has 2 N–H and O–H groups in total. The molecule has 0 spiro atoms. The molecule has 0 unspecified atom stereocenters. The third-order valence-electron chi connectivity index (χ3n) is 4.80. The van der Waals surface area contributed by atoms with Gasteiger partial charge in [-0.05, 0) is 64.7 Å². The van der Waals surface area contributed by atoms with Crippen LogP contribution in [-0.4, -0.2) is 22.8 Å². The number of phenols is 1. The second-order valence-corrected chi connectivity index (χ2v) is 7.49. The summed E-state index contributed by atoms with van der Waals surface area (Å²) in [6.45, 7) is 0.354. The standard InChI is InChI=1S/C23H16Cl2O4/c24-15-5-7-17(20(25)12-15)18-8-9-29-21-11-14(23(27)28)4-6-19(21)22(18)13-2-1-3-16(26)10-13/h1-7,10-12,26H,8-9H2,(H,27,28). The maximum Gasteiger partial charge on any atom is 0.335 e. The first kappa shape index (κ1) is 19.4. The molecule has 1 heterocycles. The number of rotatable bonds is 3. The lowest BCUT2D eigenvalue weighted by atomic mass is 9.87. The van der Waals surface area contributed by atoms with E-state index in [0.29, 0.717) is 28.8 Å². The molecule has 1 aliphatic heterocycles. The summed E-state index contributed by atoms with van der Waals surface area (Å²) < 4.78 is 5.90. The lowest BCUT2D eigenvalue weighted by molar-refractivity contribution is 0.0696. The fraction of sp³-hybridized carbons (Fsp3) is 0.0870. The summed E-state index contributed by atoms with van der Waals surface area (Å²) in [4.78, 5) is 11.4. The van der Waals surface area contributed by atoms with Crippen LogP contribution in [0.5, 0.6) is 11.5 Å². The molecule has 6 heteroatoms. The van der Waals surface area contributed by atoms with Crippen molar-refractivity contribution in [3.05, 3.63) is 93.0 Å². The lowest BCUT2D eigenvalue weighted by Gasteiger charge is -2.16. The zero-order valence-electron chi connectivity index (χ0n) is 15.2. The first-order valence-corrected chi connectivity index (χ1v) is 9.68. The van der Waals surface area contributed by atoms with Gasteiger partial charge in [0.2, 0.25) is 0 Å². The quantitative estimate of drug-likeness (QED) is 0.527. The van der Waals surface area contributed by atoms with Crippen molar-refractivity contribution >= 4 is 40.3 Å². The normalized spacial score (nSPS) is 13.4. The summed E-state index contributed by atoms with van der Waals surface area (Å²) in [6, 6.07) is 17.0. The van der Waals surface area contributed by atoms with Crippen LogP contribution in [0.2, 0.25) is 10.0 Å². The minimum atomic E-state index is -1.02. The number of carbonyl (C=O) groups is 1. The minimum Gasteiger partial charge on any atom is -0.508 e. The van der Waals surface area contributed by atoms with Gasteiger partial charge in [0.15, 0.2) is 0 Å². The van der Waals surface area contributed by atoms with Crippen LogP contribution in [0.15, 0.2) is 60.7 Å². The maximum atomic E-state index is 11.4. The number of hydrogen-bond acceptors (Lipinski definition) is 3. The number of carboxylic acids is 1. The monoisotopic (exact) mass is 426 g/mol. The summed E-state index contributed by atoms with van der Waals surface area (Å²) >= 11 is 12.6. The van der Waals surface area contributed by atoms with Gasteiger partial charge in [-0.25, -0.2) is 4.79 Å². The average Bonchev–Trinajstić information content (AvgIpc) is 2.86. The summed E-state index contributed by atoms with van der Waals surface area (Å²) in [6.07, 6.45) is 0.545. The number of hydrogen-bond donors (Lipinski definition) is 2. The van der Waals surface area contributed by atoms with Gasteiger partial charge >= 0.3 is 5.97 Å². The van der Waals surface area contributed by atoms with Crippen molar-refractivity contribution in [1.29, 1.82) is 0 Å². The molecule has 0 saturated carbocycles. The summed E-state index contributed by atoms with van der Waals surface area (Å²) in [7, 11) is 0. The van der Waals surface area contributed by atoms with Crippen molar-refractivity contribution in [3.8, 4) is 11.5 Å². The number of aromatic hydroxyl groups is 1. The van der Waals surface area contributed by atoms with E-state index in [9.17, 15) is 15.0 Å². The lowest BCUT2D eigenvalue weighted by Crippen LogP contribution is -2.00. The van der Waals surface area contributed by atoms with Crippen LogP contribution in [0.25, 0.3) is 11.1 Å². The molecule has 3 aromatic rings. The molecule has 1 aliphatic rings. The third kappa shape index (κ3) is 3.82. The molecule has 0 fully saturated rings. The molecule has 0 aliphatic carbocycles. The Morgan fingerprint density at radius 3 is 2.48 bits per heavy atom. The van der Waals surface area contributed by atoms with E-state index < -0.39 is 5.97 Å². The average molecular weight is 427 g/mol. The first-order chi connectivity index (χ1) is 13.9. The van der Waals surface area contributed by atoms with Crippen LogP contribution < -0.4 is 4.74 Å². The summed E-state index contributed by atoms with van der Waals surface area (Å²) in [5, 5.41) is 20.4. The maximum absolute atomic E-state index is 11.4. The largest absolute Gasteiger partial charge is 0.508 e. The minimum absolute atomic E-state index is 0.130. The van der Waals surface area contributed by atoms with Crippen molar-refractivity contribution in [2.45, 2.75) is 6.42 Å². The topological polar surface area (TPSA) is 66.8 Å². The van der Waals surface area contributed by atoms with E-state index in [1.165, 1.54) is 6.07 Å². The second-order valence-electron chi connectivity index (χ2n) is 6.64. The predicted octanol–water partition coefficient (Wildman–Crippen LogP) is 6.14. The van der Waals surface area contributed by atoms with Crippen molar-refractivity contribution in [3.63, 3.8) is 0 Å². The molecule has 4 nitrogen and oxygen atoms in total. The van der Waals surface area contributed by atoms with Gasteiger partial charge in [0, 0.05) is 22.0 Å². The highest BCUT2D eigenvalue weighted by Crippen LogP contribution is 2.43. The van der Waals surface area contributed by atoms with Gasteiger partial charge in [0.1, 0.15) is 11.5 Å². The van der Waals surface area contributed by atoms with E-state index in [1.807, 2.05) is 12.1 Å². The highest BCUT2D eigenvalue weighted by atomic mass is 35.5. The Bertz CT molecular complexity index is 1150. The smallest absolute Gasteiger partial charge is 0.335 e. The van der Waals surface area contributed by atoms with Crippen LogP contribution in [0.3, 0.4) is 0 Å². The fourth-order valence-electron chi connectivity index (χ4n) is 3.53. The molecule has 0 bridgehead atoms. The number of ether oxygens (including phenoxy) is 1. The SMILES string of the molecule is O=C(O)c1ccc2c(c1)OCCC(c1ccc(Cl)cc1Cl)=C2c1cccc(O)c1. The molecule has 0 amide bonds. The van der Waals surface area contributed by atoms with Gasteiger partial charge < -0.3 is 14.9 Å². The molecule has 0 aromatic heterocycles. The van der Waals surface area contributed by atoms with Gasteiger partial charge in [-0.2, -0.15) is 0 Å². The molecule has 3 aromatic carbocycles. The van der Waals surface area contributed by atoms with Gasteiger partial charge in [0.25, 0.3) is 0 Å². The molecule has 0 atom stereocenters. The molecular weight excluding hydrogens is 411 g/mol. The van der Waals surface area contributed by atoms with Gasteiger partial charge in [0.05, 0.1) is 12.2 Å². The van der Waals surface area contributed by atoms with E-state index in [2.05, 4.69) is 0 Å². The van der Waals surface area contributed by atoms with Crippen LogP contribution in [0.4, 0.5) is 0 Å². The van der Waals surface area contributed by atoms with Crippen LogP contribution in [-0.2, 0) is 0 Å². The van der Waals surface area contributed by atoms with E-state index in [4.69, 9.17) is 27.9 Å². The predicted molar refractivity (Wildman–Crippen MR) is 114 cm³/mol. The van der Waals surface area contributed by atoms with Gasteiger partial charge in [-0.1, -0.05) is 41.4 Å². The van der Waals surface area contributed by atoms with Crippen LogP contribution in [0.1, 0.15) is 33.5 Å². The Morgan fingerprint density at radius 1 is 0.966 bits per heavy atom. The Hall–Kier alpha value is -2.95. The van der Waals surface area contributed by atoms with Crippen LogP contribution in [0, 0.1) is 0 Å². The zero-order chi connectivity index (χ0) is 20.5. The number of fused-ring (bicyclic) bond motifs is 1. The number of carboxylic acid groups (broad SMARTS) is 1. The van der Waals surface area contributed by atoms with Crippen LogP contribution >= 0.6 is 23.2 Å². The first-order valence-electron chi connectivity index (χ1n) is 8.92. The number of benzene rings is 3. The van der Waals surface area contributed by atoms with E-state index >= 15 is 0 Å². The van der Waals surface area contributed by atoms with Gasteiger partial charge in [-0.3, -0.25) is 0 Å². The van der Waals surface area contributed by atoms with E-state index in [-0.39, 0.29) is 11.3 Å². The van der Waals surface area contributed by atoms with Crippen molar-refractivity contribution in [1.82, 2.24) is 0 Å². The Balaban J connectivity index is 2.03. The highest BCUT2D eigenvalue weighted by molar-refractivity contribution is 6.36. The van der Waals surface area contributed by atoms with E-state index in [0.717, 1.165) is 27.8 Å². The Kier molecular flexibility index (Phi) is 5.22. The number of halogens is 2. The van der Waals surface area contributed by atoms with Gasteiger partial charge in [-0.15, -0.1) is 0 Å². The number of aromatic carboxylic acids is 1. The molecule has 146 valence electrons. The van der Waals surface area contributed by atoms with E-state index in [1.54, 1.807) is 42.5 Å². The molecular formula is C23H16Cl2O4.